The fraction of sp³-hybridized carbons (Fsp3) is 0.0385. The molecule has 5 nitrogen and oxygen atoms in total. The Labute approximate surface area is 184 Å². The highest BCUT2D eigenvalue weighted by Gasteiger charge is 2.10. The van der Waals surface area contributed by atoms with Gasteiger partial charge < -0.3 is 5.32 Å². The molecule has 2 N–H and O–H groups in total. The molecule has 32 heavy (non-hydrogen) atoms. The normalized spacial score (nSPS) is 11.2. The van der Waals surface area contributed by atoms with Gasteiger partial charge in [-0.25, -0.2) is 9.82 Å². The molecule has 0 unspecified atom stereocenters. The van der Waals surface area contributed by atoms with Crippen LogP contribution in [0.4, 0.5) is 10.1 Å². The Morgan fingerprint density at radius 2 is 1.50 bits per heavy atom. The van der Waals surface area contributed by atoms with Crippen molar-refractivity contribution in [2.45, 2.75) is 6.92 Å². The van der Waals surface area contributed by atoms with E-state index in [1.165, 1.54) is 24.3 Å². The number of hydrazone groups is 1. The first-order valence-electron chi connectivity index (χ1n) is 10.0. The van der Waals surface area contributed by atoms with Gasteiger partial charge in [-0.15, -0.1) is 0 Å². The lowest BCUT2D eigenvalue weighted by atomic mass is 10.0. The largest absolute Gasteiger partial charge is 0.322 e. The van der Waals surface area contributed by atoms with Crippen LogP contribution >= 0.6 is 0 Å². The molecule has 4 aromatic carbocycles. The number of benzene rings is 4. The van der Waals surface area contributed by atoms with Crippen molar-refractivity contribution in [3.8, 4) is 0 Å². The number of fused-ring (bicyclic) bond motifs is 1. The quantitative estimate of drug-likeness (QED) is 0.333. The van der Waals surface area contributed by atoms with Crippen LogP contribution < -0.4 is 10.7 Å². The van der Waals surface area contributed by atoms with Gasteiger partial charge in [0.25, 0.3) is 11.8 Å². The number of hydrogen-bond donors (Lipinski definition) is 2. The van der Waals surface area contributed by atoms with Gasteiger partial charge >= 0.3 is 0 Å². The van der Waals surface area contributed by atoms with Crippen LogP contribution in [0.5, 0.6) is 0 Å². The average molecular weight is 425 g/mol. The first kappa shape index (κ1) is 20.9. The highest BCUT2D eigenvalue weighted by molar-refractivity contribution is 6.08. The lowest BCUT2D eigenvalue weighted by molar-refractivity contribution is 0.0955. The molecule has 6 heteroatoms. The zero-order chi connectivity index (χ0) is 22.5. The van der Waals surface area contributed by atoms with E-state index >= 15 is 0 Å². The molecule has 0 radical (unpaired) electrons. The fourth-order valence-electron chi connectivity index (χ4n) is 3.34. The van der Waals surface area contributed by atoms with Crippen molar-refractivity contribution in [1.82, 2.24) is 5.43 Å². The zero-order valence-corrected chi connectivity index (χ0v) is 17.3. The van der Waals surface area contributed by atoms with E-state index < -0.39 is 11.7 Å². The van der Waals surface area contributed by atoms with Crippen LogP contribution in [0.15, 0.2) is 96.1 Å². The number of nitrogens with one attached hydrogen (secondary N) is 2. The van der Waals surface area contributed by atoms with Crippen molar-refractivity contribution in [3.05, 3.63) is 114 Å². The van der Waals surface area contributed by atoms with Crippen molar-refractivity contribution in [2.75, 3.05) is 5.32 Å². The molecule has 0 aliphatic rings. The summed E-state index contributed by atoms with van der Waals surface area (Å²) in [5, 5.41) is 8.79. The van der Waals surface area contributed by atoms with Crippen molar-refractivity contribution >= 4 is 34.0 Å². The van der Waals surface area contributed by atoms with E-state index in [1.54, 1.807) is 31.2 Å². The molecule has 0 aromatic heterocycles. The summed E-state index contributed by atoms with van der Waals surface area (Å²) in [5.74, 6) is -1.20. The highest BCUT2D eigenvalue weighted by Crippen LogP contribution is 2.18. The molecule has 158 valence electrons. The predicted octanol–water partition coefficient (Wildman–Crippen LogP) is 5.39. The Morgan fingerprint density at radius 1 is 0.781 bits per heavy atom. The van der Waals surface area contributed by atoms with Crippen LogP contribution in [0.3, 0.4) is 0 Å². The molecule has 4 aromatic rings. The Hall–Kier alpha value is -4.32. The van der Waals surface area contributed by atoms with Crippen LogP contribution in [0.1, 0.15) is 33.2 Å². The lowest BCUT2D eigenvalue weighted by Crippen LogP contribution is -2.19. The molecule has 0 aliphatic carbocycles. The average Bonchev–Trinajstić information content (AvgIpc) is 2.82. The lowest BCUT2D eigenvalue weighted by Gasteiger charge is -2.09. The third-order valence-electron chi connectivity index (χ3n) is 4.98. The van der Waals surface area contributed by atoms with Gasteiger partial charge in [0.05, 0.1) is 5.71 Å². The summed E-state index contributed by atoms with van der Waals surface area (Å²) in [5.41, 5.74) is 5.19. The number of carbonyl (C=O) groups is 2. The monoisotopic (exact) mass is 425 g/mol. The second-order valence-corrected chi connectivity index (χ2v) is 7.21. The summed E-state index contributed by atoms with van der Waals surface area (Å²) in [6.45, 7) is 1.76. The summed E-state index contributed by atoms with van der Waals surface area (Å²) < 4.78 is 13.4. The second-order valence-electron chi connectivity index (χ2n) is 7.21. The maximum atomic E-state index is 13.4. The number of halogens is 1. The first-order chi connectivity index (χ1) is 15.5. The topological polar surface area (TPSA) is 70.6 Å². The summed E-state index contributed by atoms with van der Waals surface area (Å²) in [6, 6.07) is 25.7. The van der Waals surface area contributed by atoms with Gasteiger partial charge in [0.2, 0.25) is 0 Å². The molecule has 0 atom stereocenters. The molecule has 0 heterocycles. The molecule has 4 rings (SSSR count). The van der Waals surface area contributed by atoms with Crippen LogP contribution in [0, 0.1) is 5.82 Å². The minimum atomic E-state index is -0.476. The summed E-state index contributed by atoms with van der Waals surface area (Å²) >= 11 is 0. The number of carbonyl (C=O) groups excluding carboxylic acids is 2. The Kier molecular flexibility index (Phi) is 6.03. The Bertz CT molecular complexity index is 1340. The van der Waals surface area contributed by atoms with E-state index in [4.69, 9.17) is 0 Å². The number of anilines is 1. The number of nitrogens with zero attached hydrogens (tertiary/aromatic N) is 1. The van der Waals surface area contributed by atoms with Gasteiger partial charge in [0.15, 0.2) is 0 Å². The van der Waals surface area contributed by atoms with E-state index in [0.717, 1.165) is 16.3 Å². The highest BCUT2D eigenvalue weighted by atomic mass is 19.1. The van der Waals surface area contributed by atoms with Gasteiger partial charge in [-0.2, -0.15) is 5.10 Å². The summed E-state index contributed by atoms with van der Waals surface area (Å²) in [6.07, 6.45) is 0. The number of rotatable bonds is 5. The molecule has 0 aliphatic heterocycles. The van der Waals surface area contributed by atoms with Crippen LogP contribution in [0.25, 0.3) is 10.8 Å². The Balaban J connectivity index is 1.49. The van der Waals surface area contributed by atoms with Gasteiger partial charge in [-0.05, 0) is 59.7 Å². The standard InChI is InChI=1S/C26H20FN3O2/c1-17(29-30-26(32)24-14-6-8-18-7-2-3-13-23(18)24)19-9-5-12-22(16-19)28-25(31)20-10-4-11-21(27)15-20/h2-16H,1H3,(H,28,31)(H,30,32)/b29-17-. The second kappa shape index (κ2) is 9.22. The van der Waals surface area contributed by atoms with Gasteiger partial charge in [-0.1, -0.05) is 54.6 Å². The van der Waals surface area contributed by atoms with Crippen molar-refractivity contribution < 1.29 is 14.0 Å². The number of hydrogen-bond acceptors (Lipinski definition) is 3. The van der Waals surface area contributed by atoms with Crippen LogP contribution in [-0.4, -0.2) is 17.5 Å². The smallest absolute Gasteiger partial charge is 0.272 e. The van der Waals surface area contributed by atoms with E-state index in [2.05, 4.69) is 15.8 Å². The van der Waals surface area contributed by atoms with Crippen molar-refractivity contribution in [1.29, 1.82) is 0 Å². The first-order valence-corrected chi connectivity index (χ1v) is 10.0. The predicted molar refractivity (Wildman–Crippen MR) is 124 cm³/mol. The fourth-order valence-corrected chi connectivity index (χ4v) is 3.34. The van der Waals surface area contributed by atoms with Crippen LogP contribution in [-0.2, 0) is 0 Å². The molecule has 0 bridgehead atoms. The molecule has 2 amide bonds. The summed E-state index contributed by atoms with van der Waals surface area (Å²) in [7, 11) is 0. The zero-order valence-electron chi connectivity index (χ0n) is 17.3. The van der Waals surface area contributed by atoms with Gasteiger partial charge in [0.1, 0.15) is 5.82 Å². The molecule has 0 fully saturated rings. The third kappa shape index (κ3) is 4.70. The van der Waals surface area contributed by atoms with E-state index in [1.807, 2.05) is 42.5 Å². The summed E-state index contributed by atoms with van der Waals surface area (Å²) in [4.78, 5) is 25.0. The minimum Gasteiger partial charge on any atom is -0.322 e. The van der Waals surface area contributed by atoms with E-state index in [9.17, 15) is 14.0 Å². The maximum absolute atomic E-state index is 13.4. The SMILES string of the molecule is C/C(=N/NC(=O)c1cccc2ccccc12)c1cccc(NC(=O)c2cccc(F)c2)c1. The molecule has 0 spiro atoms. The molecule has 0 saturated heterocycles. The molecular formula is C26H20FN3O2. The van der Waals surface area contributed by atoms with E-state index in [0.29, 0.717) is 17.0 Å². The van der Waals surface area contributed by atoms with Gasteiger partial charge in [0, 0.05) is 16.8 Å². The Morgan fingerprint density at radius 3 is 2.34 bits per heavy atom. The molecule has 0 saturated carbocycles. The van der Waals surface area contributed by atoms with Crippen molar-refractivity contribution in [3.63, 3.8) is 0 Å². The van der Waals surface area contributed by atoms with E-state index in [-0.39, 0.29) is 11.5 Å². The minimum absolute atomic E-state index is 0.225. The maximum Gasteiger partial charge on any atom is 0.272 e. The third-order valence-corrected chi connectivity index (χ3v) is 4.98. The number of amides is 2. The molecular weight excluding hydrogens is 405 g/mol. The van der Waals surface area contributed by atoms with Gasteiger partial charge in [-0.3, -0.25) is 9.59 Å². The van der Waals surface area contributed by atoms with Crippen LogP contribution in [0.2, 0.25) is 0 Å². The van der Waals surface area contributed by atoms with Crippen molar-refractivity contribution in [2.24, 2.45) is 5.10 Å².